The first kappa shape index (κ1) is 25.9. The molecule has 0 aromatic heterocycles. The Morgan fingerprint density at radius 2 is 1.94 bits per heavy atom. The standard InChI is InChI=1S/C26H34FN3O4S/c1-2-34-24(32)17-29-14-13-28(16-23(29)31)11-9-19-15-30(12-10-22(19)35)25(26(33)18-7-8-18)20-5-3-4-6-21(20)27/h3-6,9,18,22,25,35H,2,7-8,10-17H2,1H3. The number of rotatable bonds is 9. The summed E-state index contributed by atoms with van der Waals surface area (Å²) in [5.74, 6) is -0.691. The first-order valence-electron chi connectivity index (χ1n) is 12.4. The molecule has 1 aromatic carbocycles. The van der Waals surface area contributed by atoms with Gasteiger partial charge in [-0.05, 0) is 37.8 Å². The molecule has 9 heteroatoms. The Morgan fingerprint density at radius 3 is 2.63 bits per heavy atom. The van der Waals surface area contributed by atoms with Gasteiger partial charge in [0, 0.05) is 49.5 Å². The lowest BCUT2D eigenvalue weighted by molar-refractivity contribution is -0.150. The number of carbonyl (C=O) groups is 3. The van der Waals surface area contributed by atoms with Gasteiger partial charge in [-0.3, -0.25) is 24.2 Å². The molecule has 1 aromatic rings. The number of ketones is 1. The summed E-state index contributed by atoms with van der Waals surface area (Å²) in [5, 5.41) is 0.0596. The Morgan fingerprint density at radius 1 is 1.17 bits per heavy atom. The van der Waals surface area contributed by atoms with Crippen LogP contribution in [0.25, 0.3) is 0 Å². The van der Waals surface area contributed by atoms with Gasteiger partial charge in [-0.1, -0.05) is 24.3 Å². The van der Waals surface area contributed by atoms with Gasteiger partial charge in [-0.25, -0.2) is 4.39 Å². The van der Waals surface area contributed by atoms with Crippen molar-refractivity contribution in [3.8, 4) is 0 Å². The van der Waals surface area contributed by atoms with Crippen molar-refractivity contribution in [2.24, 2.45) is 5.92 Å². The molecular weight excluding hydrogens is 469 g/mol. The topological polar surface area (TPSA) is 70.2 Å². The molecule has 2 atom stereocenters. The summed E-state index contributed by atoms with van der Waals surface area (Å²) in [6.07, 6.45) is 4.62. The minimum atomic E-state index is -0.582. The van der Waals surface area contributed by atoms with E-state index in [2.05, 4.69) is 11.0 Å². The second kappa shape index (κ2) is 11.7. The number of hydrogen-bond donors (Lipinski definition) is 1. The number of amides is 1. The number of hydrogen-bond acceptors (Lipinski definition) is 7. The molecule has 7 nitrogen and oxygen atoms in total. The SMILES string of the molecule is CCOC(=O)CN1CCN(CC=C2CN(C(C(=O)C3CC3)c3ccccc3F)CCC2S)CC1=O. The molecule has 2 unspecified atom stereocenters. The summed E-state index contributed by atoms with van der Waals surface area (Å²) in [7, 11) is 0. The van der Waals surface area contributed by atoms with Crippen molar-refractivity contribution in [3.05, 3.63) is 47.3 Å². The van der Waals surface area contributed by atoms with Crippen LogP contribution in [0.15, 0.2) is 35.9 Å². The summed E-state index contributed by atoms with van der Waals surface area (Å²) in [4.78, 5) is 43.1. The maximum absolute atomic E-state index is 14.7. The normalized spacial score (nSPS) is 24.0. The number of halogens is 1. The van der Waals surface area contributed by atoms with E-state index < -0.39 is 6.04 Å². The number of benzene rings is 1. The van der Waals surface area contributed by atoms with E-state index in [0.717, 1.165) is 24.8 Å². The Balaban J connectivity index is 1.41. The minimum absolute atomic E-state index is 0.0122. The molecule has 3 aliphatic rings. The van der Waals surface area contributed by atoms with E-state index in [0.29, 0.717) is 44.9 Å². The van der Waals surface area contributed by atoms with Gasteiger partial charge in [0.15, 0.2) is 5.78 Å². The van der Waals surface area contributed by atoms with Crippen LogP contribution < -0.4 is 0 Å². The highest BCUT2D eigenvalue weighted by Crippen LogP contribution is 2.39. The Labute approximate surface area is 211 Å². The fourth-order valence-corrected chi connectivity index (χ4v) is 5.12. The summed E-state index contributed by atoms with van der Waals surface area (Å²) >= 11 is 4.77. The summed E-state index contributed by atoms with van der Waals surface area (Å²) < 4.78 is 19.7. The molecule has 2 saturated heterocycles. The van der Waals surface area contributed by atoms with Crippen molar-refractivity contribution in [1.29, 1.82) is 0 Å². The summed E-state index contributed by atoms with van der Waals surface area (Å²) in [6.45, 7) is 5.20. The lowest BCUT2D eigenvalue weighted by Gasteiger charge is -2.38. The molecule has 3 fully saturated rings. The number of Topliss-reactive ketones (excluding diaryl/α,β-unsaturated/α-hetero) is 1. The Hall–Kier alpha value is -2.23. The van der Waals surface area contributed by atoms with Gasteiger partial charge in [0.1, 0.15) is 12.4 Å². The van der Waals surface area contributed by atoms with Crippen molar-refractivity contribution in [3.63, 3.8) is 0 Å². The van der Waals surface area contributed by atoms with Crippen LogP contribution in [-0.2, 0) is 19.1 Å². The quantitative estimate of drug-likeness (QED) is 0.317. The van der Waals surface area contributed by atoms with Gasteiger partial charge < -0.3 is 9.64 Å². The van der Waals surface area contributed by atoms with Gasteiger partial charge in [-0.2, -0.15) is 12.6 Å². The summed E-state index contributed by atoms with van der Waals surface area (Å²) in [6, 6.07) is 5.99. The molecule has 0 spiro atoms. The van der Waals surface area contributed by atoms with Crippen molar-refractivity contribution in [1.82, 2.24) is 14.7 Å². The minimum Gasteiger partial charge on any atom is -0.465 e. The van der Waals surface area contributed by atoms with E-state index >= 15 is 0 Å². The molecular formula is C26H34FN3O4S. The van der Waals surface area contributed by atoms with E-state index in [1.54, 1.807) is 25.1 Å². The third-order valence-corrected chi connectivity index (χ3v) is 7.54. The average Bonchev–Trinajstić information content (AvgIpc) is 3.68. The second-order valence-corrected chi connectivity index (χ2v) is 10.1. The fourth-order valence-electron chi connectivity index (χ4n) is 4.82. The Bertz CT molecular complexity index is 983. The molecule has 4 rings (SSSR count). The molecule has 0 radical (unpaired) electrons. The average molecular weight is 504 g/mol. The van der Waals surface area contributed by atoms with Gasteiger partial charge in [0.25, 0.3) is 0 Å². The second-order valence-electron chi connectivity index (χ2n) is 9.51. The summed E-state index contributed by atoms with van der Waals surface area (Å²) in [5.41, 5.74) is 1.54. The van der Waals surface area contributed by atoms with E-state index in [9.17, 15) is 18.8 Å². The molecule has 1 aliphatic carbocycles. The zero-order valence-corrected chi connectivity index (χ0v) is 21.1. The van der Waals surface area contributed by atoms with Crippen LogP contribution in [0.1, 0.15) is 37.8 Å². The molecule has 1 amide bonds. The molecule has 0 bridgehead atoms. The number of nitrogens with zero attached hydrogens (tertiary/aromatic N) is 3. The number of thiol groups is 1. The number of esters is 1. The lowest BCUT2D eigenvalue weighted by atomic mass is 9.93. The molecule has 1 saturated carbocycles. The number of piperidine rings is 1. The van der Waals surface area contributed by atoms with Crippen molar-refractivity contribution >= 4 is 30.3 Å². The van der Waals surface area contributed by atoms with E-state index in [4.69, 9.17) is 17.4 Å². The smallest absolute Gasteiger partial charge is 0.325 e. The van der Waals surface area contributed by atoms with Crippen molar-refractivity contribution in [2.45, 2.75) is 37.5 Å². The van der Waals surface area contributed by atoms with E-state index in [1.165, 1.54) is 11.0 Å². The van der Waals surface area contributed by atoms with Gasteiger partial charge >= 0.3 is 5.97 Å². The monoisotopic (exact) mass is 503 g/mol. The first-order valence-corrected chi connectivity index (χ1v) is 12.9. The lowest BCUT2D eigenvalue weighted by Crippen LogP contribution is -2.52. The van der Waals surface area contributed by atoms with Crippen molar-refractivity contribution < 1.29 is 23.5 Å². The highest BCUT2D eigenvalue weighted by molar-refractivity contribution is 7.81. The molecule has 2 heterocycles. The number of likely N-dealkylation sites (tertiary alicyclic amines) is 1. The molecule has 2 aliphatic heterocycles. The van der Waals surface area contributed by atoms with Gasteiger partial charge in [-0.15, -0.1) is 0 Å². The van der Waals surface area contributed by atoms with Crippen molar-refractivity contribution in [2.75, 3.05) is 52.4 Å². The Kier molecular flexibility index (Phi) is 8.62. The van der Waals surface area contributed by atoms with Crippen LogP contribution in [-0.4, -0.2) is 90.0 Å². The van der Waals surface area contributed by atoms with Gasteiger partial charge in [0.05, 0.1) is 19.2 Å². The zero-order chi connectivity index (χ0) is 24.9. The highest BCUT2D eigenvalue weighted by atomic mass is 32.1. The van der Waals surface area contributed by atoms with Crippen LogP contribution in [0.2, 0.25) is 0 Å². The van der Waals surface area contributed by atoms with E-state index in [-0.39, 0.29) is 47.7 Å². The van der Waals surface area contributed by atoms with Crippen LogP contribution in [0.5, 0.6) is 0 Å². The van der Waals surface area contributed by atoms with Crippen LogP contribution in [0.3, 0.4) is 0 Å². The molecule has 190 valence electrons. The number of carbonyl (C=O) groups excluding carboxylic acids is 3. The fraction of sp³-hybridized carbons (Fsp3) is 0.577. The van der Waals surface area contributed by atoms with Gasteiger partial charge in [0.2, 0.25) is 5.91 Å². The number of ether oxygens (including phenoxy) is 1. The zero-order valence-electron chi connectivity index (χ0n) is 20.2. The maximum atomic E-state index is 14.7. The highest BCUT2D eigenvalue weighted by Gasteiger charge is 2.40. The third-order valence-electron chi connectivity index (χ3n) is 6.95. The molecule has 0 N–H and O–H groups in total. The third kappa shape index (κ3) is 6.51. The van der Waals surface area contributed by atoms with Crippen LogP contribution in [0, 0.1) is 11.7 Å². The van der Waals surface area contributed by atoms with E-state index in [1.807, 2.05) is 4.90 Å². The van der Waals surface area contributed by atoms with Crippen LogP contribution >= 0.6 is 12.6 Å². The van der Waals surface area contributed by atoms with Crippen LogP contribution in [0.4, 0.5) is 4.39 Å². The predicted octanol–water partition coefficient (Wildman–Crippen LogP) is 2.48. The molecule has 35 heavy (non-hydrogen) atoms. The predicted molar refractivity (Wildman–Crippen MR) is 134 cm³/mol. The maximum Gasteiger partial charge on any atom is 0.325 e. The largest absolute Gasteiger partial charge is 0.465 e. The number of piperazine rings is 1. The first-order chi connectivity index (χ1) is 16.9.